The lowest BCUT2D eigenvalue weighted by Crippen LogP contribution is -2.74. The third-order valence-corrected chi connectivity index (χ3v) is 9.14. The molecular weight excluding hydrogens is 627 g/mol. The van der Waals surface area contributed by atoms with Crippen molar-refractivity contribution in [2.45, 2.75) is 74.7 Å². The maximum absolute atomic E-state index is 13.3. The Morgan fingerprint density at radius 3 is 2.40 bits per heavy atom. The van der Waals surface area contributed by atoms with Gasteiger partial charge in [0.1, 0.15) is 5.76 Å². The van der Waals surface area contributed by atoms with Crippen LogP contribution in [0.2, 0.25) is 0 Å². The summed E-state index contributed by atoms with van der Waals surface area (Å²) in [5.74, 6) is -0.998. The second kappa shape index (κ2) is 12.6. The van der Waals surface area contributed by atoms with Gasteiger partial charge in [0.25, 0.3) is 0 Å². The monoisotopic (exact) mass is 661 g/mol. The molecule has 4 aliphatic rings. The van der Waals surface area contributed by atoms with Crippen LogP contribution in [0.4, 0.5) is 13.2 Å². The number of alkyl halides is 3. The van der Waals surface area contributed by atoms with E-state index in [4.69, 9.17) is 28.5 Å². The molecule has 1 fully saturated rings. The number of nitrogens with zero attached hydrogens (tertiary/aromatic N) is 1. The van der Waals surface area contributed by atoms with E-state index in [9.17, 15) is 32.7 Å². The minimum absolute atomic E-state index is 0.140. The molecule has 2 aromatic rings. The number of ether oxygens (including phenoxy) is 5. The molecule has 0 unspecified atom stereocenters. The lowest BCUT2D eigenvalue weighted by atomic mass is 9.50. The number of hydrogen-bond donors (Lipinski definition) is 1. The Morgan fingerprint density at radius 2 is 1.79 bits per heavy atom. The lowest BCUT2D eigenvalue weighted by molar-refractivity contribution is -0.180. The Labute approximate surface area is 268 Å². The van der Waals surface area contributed by atoms with Crippen molar-refractivity contribution < 1.29 is 61.1 Å². The van der Waals surface area contributed by atoms with Crippen LogP contribution in [0.1, 0.15) is 49.5 Å². The molecule has 1 saturated heterocycles. The number of hydrogen-bond acceptors (Lipinski definition) is 11. The summed E-state index contributed by atoms with van der Waals surface area (Å²) in [4.78, 5) is 48.8. The number of piperidine rings is 1. The molecule has 252 valence electrons. The van der Waals surface area contributed by atoms with E-state index in [2.05, 4.69) is 4.90 Å². The van der Waals surface area contributed by atoms with E-state index in [-0.39, 0.29) is 18.2 Å². The van der Waals surface area contributed by atoms with E-state index >= 15 is 0 Å². The zero-order valence-corrected chi connectivity index (χ0v) is 26.0. The van der Waals surface area contributed by atoms with Crippen molar-refractivity contribution in [3.63, 3.8) is 0 Å². The highest BCUT2D eigenvalue weighted by Gasteiger charge is 2.72. The first-order chi connectivity index (χ1) is 22.2. The van der Waals surface area contributed by atoms with E-state index in [1.807, 2.05) is 19.2 Å². The summed E-state index contributed by atoms with van der Waals surface area (Å²) >= 11 is 0. The highest BCUT2D eigenvalue weighted by atomic mass is 19.4. The Morgan fingerprint density at radius 1 is 1.11 bits per heavy atom. The van der Waals surface area contributed by atoms with Gasteiger partial charge < -0.3 is 33.7 Å². The Bertz CT molecular complexity index is 1590. The van der Waals surface area contributed by atoms with Gasteiger partial charge >= 0.3 is 24.1 Å². The fraction of sp³-hybridized carbons (Fsp3) is 0.455. The number of aldehydes is 1. The zero-order valence-electron chi connectivity index (χ0n) is 26.0. The molecule has 6 atom stereocenters. The van der Waals surface area contributed by atoms with E-state index in [1.165, 1.54) is 13.8 Å². The molecule has 0 radical (unpaired) electrons. The topological polar surface area (TPSA) is 138 Å². The van der Waals surface area contributed by atoms with Gasteiger partial charge in [-0.2, -0.15) is 13.2 Å². The van der Waals surface area contributed by atoms with Crippen molar-refractivity contribution in [1.82, 2.24) is 4.90 Å². The van der Waals surface area contributed by atoms with E-state index in [0.717, 1.165) is 17.7 Å². The van der Waals surface area contributed by atoms with Crippen molar-refractivity contribution in [3.05, 3.63) is 71.0 Å². The summed E-state index contributed by atoms with van der Waals surface area (Å²) in [5.41, 5.74) is 0.437. The standard InChI is InChI=1S/C31H33NO9.C2HF3O/c1-17(38-29(35)25(39-18(2)33)19-8-6-5-7-9-19)28(34)40-22-12-13-31(36)23-16-20-10-11-21(37-4)26-24(20)30(31,27(22)41-26)14-15-32(23)3;3-2(4,5)1-6/h5-12,17,23,25,27,36H,13-16H2,1-4H3;1H/t17-,23+,25-,27-,30-,31+;/m0./s1. The van der Waals surface area contributed by atoms with Crippen LogP contribution in [0, 0.1) is 0 Å². The van der Waals surface area contributed by atoms with Gasteiger partial charge in [-0.1, -0.05) is 36.4 Å². The van der Waals surface area contributed by atoms with Crippen molar-refractivity contribution >= 4 is 24.2 Å². The highest BCUT2D eigenvalue weighted by molar-refractivity contribution is 5.84. The van der Waals surface area contributed by atoms with Crippen LogP contribution in [0.5, 0.6) is 11.5 Å². The van der Waals surface area contributed by atoms with Crippen LogP contribution in [0.15, 0.2) is 54.3 Å². The van der Waals surface area contributed by atoms with Crippen LogP contribution < -0.4 is 9.47 Å². The van der Waals surface area contributed by atoms with E-state index < -0.39 is 59.7 Å². The molecule has 2 heterocycles. The molecule has 2 bridgehead atoms. The number of aliphatic hydroxyl groups is 1. The Kier molecular flexibility index (Phi) is 9.12. The predicted octanol–water partition coefficient (Wildman–Crippen LogP) is 3.50. The normalized spacial score (nSPS) is 26.5. The molecule has 2 aromatic carbocycles. The largest absolute Gasteiger partial charge is 0.493 e. The minimum atomic E-state index is -4.64. The second-order valence-corrected chi connectivity index (χ2v) is 11.8. The maximum atomic E-state index is 13.3. The quantitative estimate of drug-likeness (QED) is 0.265. The molecule has 6 rings (SSSR count). The molecular formula is C33H34F3NO10. The van der Waals surface area contributed by atoms with E-state index in [1.54, 1.807) is 43.5 Å². The van der Waals surface area contributed by atoms with Gasteiger partial charge in [-0.05, 0) is 51.1 Å². The number of carbonyl (C=O) groups is 4. The second-order valence-electron chi connectivity index (χ2n) is 11.8. The highest BCUT2D eigenvalue weighted by Crippen LogP contribution is 2.65. The summed E-state index contributed by atoms with van der Waals surface area (Å²) in [5, 5.41) is 12.3. The molecule has 0 aromatic heterocycles. The SMILES string of the molecule is COc1ccc2c3c1O[C@H]1C(OC(=O)[C@H](C)OC(=O)[C@@H](OC(C)=O)c4ccccc4)=CC[C@@]4(O)[C@@H](C2)N(C)CC[C@]314.O=CC(F)(F)F. The number of benzene rings is 2. The molecule has 1 spiro atoms. The number of rotatable bonds is 7. The smallest absolute Gasteiger partial charge is 0.446 e. The number of esters is 3. The predicted molar refractivity (Wildman–Crippen MR) is 156 cm³/mol. The van der Waals surface area contributed by atoms with Gasteiger partial charge in [0.05, 0.1) is 18.1 Å². The maximum Gasteiger partial charge on any atom is 0.446 e. The zero-order chi connectivity index (χ0) is 34.3. The van der Waals surface area contributed by atoms with Crippen molar-refractivity contribution in [3.8, 4) is 11.5 Å². The van der Waals surface area contributed by atoms with Gasteiger partial charge in [-0.25, -0.2) is 9.59 Å². The third-order valence-electron chi connectivity index (χ3n) is 9.14. The first-order valence-corrected chi connectivity index (χ1v) is 14.8. The summed E-state index contributed by atoms with van der Waals surface area (Å²) in [6, 6.07) is 12.2. The Balaban J connectivity index is 0.000000662. The van der Waals surface area contributed by atoms with Gasteiger partial charge in [0.2, 0.25) is 12.4 Å². The Hall–Kier alpha value is -4.43. The molecule has 11 nitrogen and oxygen atoms in total. The van der Waals surface area contributed by atoms with Gasteiger partial charge in [-0.15, -0.1) is 0 Å². The molecule has 2 aliphatic heterocycles. The third kappa shape index (κ3) is 5.95. The summed E-state index contributed by atoms with van der Waals surface area (Å²) < 4.78 is 59.8. The van der Waals surface area contributed by atoms with Crippen LogP contribution in [0.25, 0.3) is 0 Å². The molecule has 2 aliphatic carbocycles. The van der Waals surface area contributed by atoms with E-state index in [0.29, 0.717) is 29.9 Å². The molecule has 47 heavy (non-hydrogen) atoms. The number of methoxy groups -OCH3 is 1. The lowest BCUT2D eigenvalue weighted by Gasteiger charge is -2.61. The fourth-order valence-electron chi connectivity index (χ4n) is 7.12. The molecule has 1 N–H and O–H groups in total. The first-order valence-electron chi connectivity index (χ1n) is 14.8. The number of likely N-dealkylation sites (N-methyl/N-ethyl adjacent to an activating group) is 1. The summed E-state index contributed by atoms with van der Waals surface area (Å²) in [7, 11) is 3.59. The number of halogens is 3. The van der Waals surface area contributed by atoms with Gasteiger partial charge in [-0.3, -0.25) is 9.59 Å². The number of carbonyl (C=O) groups excluding carboxylic acids is 4. The van der Waals surface area contributed by atoms with Gasteiger partial charge in [0, 0.05) is 30.5 Å². The summed E-state index contributed by atoms with van der Waals surface area (Å²) in [6.45, 7) is 3.32. The van der Waals surface area contributed by atoms with Crippen molar-refractivity contribution in [2.75, 3.05) is 20.7 Å². The van der Waals surface area contributed by atoms with Crippen molar-refractivity contribution in [1.29, 1.82) is 0 Å². The molecule has 14 heteroatoms. The van der Waals surface area contributed by atoms with Crippen LogP contribution in [-0.2, 0) is 45.2 Å². The average Bonchev–Trinajstić information content (AvgIpc) is 3.39. The summed E-state index contributed by atoms with van der Waals surface area (Å²) in [6.07, 6.45) is -5.89. The molecule has 0 amide bonds. The van der Waals surface area contributed by atoms with Crippen molar-refractivity contribution in [2.24, 2.45) is 0 Å². The number of likely N-dealkylation sites (tertiary alicyclic amines) is 1. The fourth-order valence-corrected chi connectivity index (χ4v) is 7.12. The minimum Gasteiger partial charge on any atom is -0.493 e. The average molecular weight is 662 g/mol. The van der Waals surface area contributed by atoms with Crippen LogP contribution >= 0.6 is 0 Å². The van der Waals surface area contributed by atoms with Crippen LogP contribution in [-0.4, -0.2) is 84.9 Å². The van der Waals surface area contributed by atoms with Crippen LogP contribution in [0.3, 0.4) is 0 Å². The molecule has 0 saturated carbocycles. The first kappa shape index (κ1) is 33.9. The van der Waals surface area contributed by atoms with Gasteiger partial charge in [0.15, 0.2) is 23.7 Å².